The van der Waals surface area contributed by atoms with Gasteiger partial charge >= 0.3 is 0 Å². The number of anilines is 2. The van der Waals surface area contributed by atoms with E-state index < -0.39 is 17.4 Å². The molecule has 0 atom stereocenters. The zero-order valence-corrected chi connectivity index (χ0v) is 13.3. The molecule has 3 heterocycles. The number of nitrogens with zero attached hydrogens (tertiary/aromatic N) is 2. The van der Waals surface area contributed by atoms with Crippen LogP contribution in [0.2, 0.25) is 0 Å². The number of carbonyl (C=O) groups excluding carboxylic acids is 2. The van der Waals surface area contributed by atoms with E-state index >= 15 is 0 Å². The van der Waals surface area contributed by atoms with Gasteiger partial charge in [0.05, 0.1) is 30.0 Å². The van der Waals surface area contributed by atoms with E-state index in [4.69, 9.17) is 10.5 Å². The van der Waals surface area contributed by atoms with Crippen molar-refractivity contribution in [1.82, 2.24) is 9.88 Å². The Balaban J connectivity index is 1.75. The predicted molar refractivity (Wildman–Crippen MR) is 91.3 cm³/mol. The van der Waals surface area contributed by atoms with E-state index in [9.17, 15) is 14.4 Å². The maximum Gasteiger partial charge on any atom is 0.262 e. The lowest BCUT2D eigenvalue weighted by molar-refractivity contribution is 0.0880. The Hall–Kier alpha value is -3.13. The summed E-state index contributed by atoms with van der Waals surface area (Å²) < 4.78 is 6.57. The second-order valence-electron chi connectivity index (χ2n) is 5.89. The van der Waals surface area contributed by atoms with Crippen molar-refractivity contribution >= 4 is 23.3 Å². The largest absolute Gasteiger partial charge is 0.384 e. The topological polar surface area (TPSA) is 107 Å². The quantitative estimate of drug-likeness (QED) is 0.753. The number of hydrogen-bond donors (Lipinski definition) is 2. The molecule has 0 unspecified atom stereocenters. The molecule has 2 aliphatic rings. The minimum absolute atomic E-state index is 0.0219. The third-order valence-corrected chi connectivity index (χ3v) is 4.44. The van der Waals surface area contributed by atoms with Crippen molar-refractivity contribution in [2.24, 2.45) is 0 Å². The molecule has 4 rings (SSSR count). The number of nitrogen functional groups attached to an aromatic ring is 1. The molecule has 0 radical (unpaired) electrons. The fraction of sp³-hybridized carbons (Fsp3) is 0.235. The van der Waals surface area contributed by atoms with Crippen LogP contribution in [-0.4, -0.2) is 42.7 Å². The van der Waals surface area contributed by atoms with Crippen molar-refractivity contribution in [1.29, 1.82) is 0 Å². The lowest BCUT2D eigenvalue weighted by Gasteiger charge is -2.29. The fourth-order valence-electron chi connectivity index (χ4n) is 3.18. The van der Waals surface area contributed by atoms with Gasteiger partial charge in [0.25, 0.3) is 17.4 Å². The summed E-state index contributed by atoms with van der Waals surface area (Å²) in [5.74, 6) is -1.22. The lowest BCUT2D eigenvalue weighted by Crippen LogP contribution is -2.36. The summed E-state index contributed by atoms with van der Waals surface area (Å²) in [7, 11) is 0. The van der Waals surface area contributed by atoms with Gasteiger partial charge in [-0.3, -0.25) is 24.3 Å². The van der Waals surface area contributed by atoms with E-state index in [-0.39, 0.29) is 16.9 Å². The van der Waals surface area contributed by atoms with E-state index in [0.29, 0.717) is 18.9 Å². The van der Waals surface area contributed by atoms with Gasteiger partial charge in [-0.2, -0.15) is 0 Å². The van der Waals surface area contributed by atoms with Gasteiger partial charge in [-0.1, -0.05) is 0 Å². The smallest absolute Gasteiger partial charge is 0.262 e. The molecule has 1 aromatic heterocycles. The Morgan fingerprint density at radius 3 is 2.28 bits per heavy atom. The molecule has 1 aromatic carbocycles. The molecule has 2 aromatic rings. The van der Waals surface area contributed by atoms with Gasteiger partial charge in [0.2, 0.25) is 0 Å². The Labute approximate surface area is 142 Å². The lowest BCUT2D eigenvalue weighted by atomic mass is 10.1. The molecule has 1 fully saturated rings. The first kappa shape index (κ1) is 15.4. The average Bonchev–Trinajstić information content (AvgIpc) is 2.90. The van der Waals surface area contributed by atoms with E-state index in [1.807, 2.05) is 12.1 Å². The van der Waals surface area contributed by atoms with Crippen LogP contribution < -0.4 is 21.5 Å². The highest BCUT2D eigenvalue weighted by Crippen LogP contribution is 2.24. The number of rotatable bonds is 2. The first-order chi connectivity index (χ1) is 12.1. The molecule has 25 heavy (non-hydrogen) atoms. The van der Waals surface area contributed by atoms with Gasteiger partial charge in [0.15, 0.2) is 0 Å². The molecular weight excluding hydrogens is 324 g/mol. The van der Waals surface area contributed by atoms with Crippen LogP contribution in [0.25, 0.3) is 5.69 Å². The highest BCUT2D eigenvalue weighted by atomic mass is 16.5. The van der Waals surface area contributed by atoms with Gasteiger partial charge in [0.1, 0.15) is 5.82 Å². The molecule has 0 aliphatic carbocycles. The van der Waals surface area contributed by atoms with Gasteiger partial charge < -0.3 is 15.4 Å². The zero-order valence-electron chi connectivity index (χ0n) is 13.3. The molecule has 2 aliphatic heterocycles. The first-order valence-electron chi connectivity index (χ1n) is 7.90. The average molecular weight is 340 g/mol. The van der Waals surface area contributed by atoms with Crippen molar-refractivity contribution in [2.45, 2.75) is 0 Å². The van der Waals surface area contributed by atoms with Crippen LogP contribution in [0, 0.1) is 0 Å². The third-order valence-electron chi connectivity index (χ3n) is 4.44. The van der Waals surface area contributed by atoms with Crippen LogP contribution in [-0.2, 0) is 4.74 Å². The van der Waals surface area contributed by atoms with E-state index in [2.05, 4.69) is 10.2 Å². The van der Waals surface area contributed by atoms with Crippen LogP contribution in [0.4, 0.5) is 11.5 Å². The molecular formula is C17H16N4O4. The fourth-order valence-corrected chi connectivity index (χ4v) is 3.18. The van der Waals surface area contributed by atoms with Crippen LogP contribution >= 0.6 is 0 Å². The number of imide groups is 1. The highest BCUT2D eigenvalue weighted by molar-refractivity contribution is 6.23. The van der Waals surface area contributed by atoms with Crippen molar-refractivity contribution < 1.29 is 14.3 Å². The zero-order chi connectivity index (χ0) is 17.6. The molecule has 0 bridgehead atoms. The summed E-state index contributed by atoms with van der Waals surface area (Å²) in [6, 6.07) is 8.46. The van der Waals surface area contributed by atoms with Gasteiger partial charge in [-0.25, -0.2) is 0 Å². The van der Waals surface area contributed by atoms with Crippen LogP contribution in [0.5, 0.6) is 0 Å². The molecule has 0 saturated carbocycles. The Morgan fingerprint density at radius 1 is 0.960 bits per heavy atom. The molecule has 8 nitrogen and oxygen atoms in total. The summed E-state index contributed by atoms with van der Waals surface area (Å²) in [6.45, 7) is 2.98. The number of nitrogens with one attached hydrogen (secondary N) is 1. The second-order valence-corrected chi connectivity index (χ2v) is 5.89. The van der Waals surface area contributed by atoms with Crippen LogP contribution in [0.15, 0.2) is 35.1 Å². The normalized spacial score (nSPS) is 16.7. The minimum Gasteiger partial charge on any atom is -0.384 e. The van der Waals surface area contributed by atoms with Gasteiger partial charge in [-0.05, 0) is 24.3 Å². The standard InChI is InChI=1S/C17H16N4O4/c18-15-14-12(16(23)19-17(14)24)9-13(22)21(15)11-3-1-10(2-4-11)20-5-7-25-8-6-20/h1-4,9H,5-8,18H2,(H,19,23,24). The summed E-state index contributed by atoms with van der Waals surface area (Å²) in [6.07, 6.45) is 0. The number of amides is 2. The number of hydrogen-bond acceptors (Lipinski definition) is 6. The van der Waals surface area contributed by atoms with E-state index in [1.165, 1.54) is 4.57 Å². The number of nitrogens with two attached hydrogens (primary N) is 1. The highest BCUT2D eigenvalue weighted by Gasteiger charge is 2.31. The number of fused-ring (bicyclic) bond motifs is 1. The Morgan fingerprint density at radius 2 is 1.60 bits per heavy atom. The van der Waals surface area contributed by atoms with Crippen molar-refractivity contribution in [3.05, 3.63) is 51.8 Å². The number of carbonyl (C=O) groups is 2. The maximum absolute atomic E-state index is 12.4. The molecule has 1 saturated heterocycles. The second kappa shape index (κ2) is 5.75. The molecule has 2 amide bonds. The van der Waals surface area contributed by atoms with E-state index in [0.717, 1.165) is 24.8 Å². The van der Waals surface area contributed by atoms with Crippen LogP contribution in [0.1, 0.15) is 20.7 Å². The van der Waals surface area contributed by atoms with Gasteiger partial charge in [0, 0.05) is 24.8 Å². The number of pyridine rings is 1. The summed E-state index contributed by atoms with van der Waals surface area (Å²) in [5.41, 5.74) is 7.19. The van der Waals surface area contributed by atoms with Gasteiger partial charge in [-0.15, -0.1) is 0 Å². The number of ether oxygens (including phenoxy) is 1. The summed E-state index contributed by atoms with van der Waals surface area (Å²) in [5, 5.41) is 2.15. The summed E-state index contributed by atoms with van der Waals surface area (Å²) in [4.78, 5) is 38.2. The predicted octanol–water partition coefficient (Wildman–Crippen LogP) is 0.140. The Kier molecular flexibility index (Phi) is 3.54. The van der Waals surface area contributed by atoms with E-state index in [1.54, 1.807) is 12.1 Å². The first-order valence-corrected chi connectivity index (χ1v) is 7.90. The summed E-state index contributed by atoms with van der Waals surface area (Å²) >= 11 is 0. The number of benzene rings is 1. The molecule has 8 heteroatoms. The van der Waals surface area contributed by atoms with Crippen LogP contribution in [0.3, 0.4) is 0 Å². The Bertz CT molecular complexity index is 927. The SMILES string of the molecule is Nc1c2c(cc(=O)n1-c1ccc(N3CCOCC3)cc1)C(=O)NC2=O. The van der Waals surface area contributed by atoms with Crippen molar-refractivity contribution in [3.8, 4) is 5.69 Å². The third kappa shape index (κ3) is 2.47. The molecule has 128 valence electrons. The maximum atomic E-state index is 12.4. The molecule has 0 spiro atoms. The number of aromatic nitrogens is 1. The van der Waals surface area contributed by atoms with Crippen molar-refractivity contribution in [2.75, 3.05) is 36.9 Å². The monoisotopic (exact) mass is 340 g/mol. The number of morpholine rings is 1. The van der Waals surface area contributed by atoms with Crippen molar-refractivity contribution in [3.63, 3.8) is 0 Å². The minimum atomic E-state index is -0.599. The molecule has 3 N–H and O–H groups in total.